The van der Waals surface area contributed by atoms with E-state index in [1.54, 1.807) is 17.5 Å². The van der Waals surface area contributed by atoms with Gasteiger partial charge in [-0.15, -0.1) is 11.3 Å². The van der Waals surface area contributed by atoms with Crippen molar-refractivity contribution in [1.29, 1.82) is 0 Å². The molecule has 124 valence electrons. The summed E-state index contributed by atoms with van der Waals surface area (Å²) in [4.78, 5) is 17.2. The molecule has 0 aromatic carbocycles. The molecule has 0 radical (unpaired) electrons. The van der Waals surface area contributed by atoms with Gasteiger partial charge in [0.2, 0.25) is 5.95 Å². The number of thiophene rings is 1. The Morgan fingerprint density at radius 1 is 1.21 bits per heavy atom. The minimum Gasteiger partial charge on any atom is -0.364 e. The van der Waals surface area contributed by atoms with Crippen LogP contribution in [-0.2, 0) is 6.54 Å². The van der Waals surface area contributed by atoms with Gasteiger partial charge in [-0.05, 0) is 36.8 Å². The maximum atomic E-state index is 6.08. The summed E-state index contributed by atoms with van der Waals surface area (Å²) in [6, 6.07) is 5.99. The summed E-state index contributed by atoms with van der Waals surface area (Å²) in [5.74, 6) is 1.60. The van der Waals surface area contributed by atoms with Gasteiger partial charge in [0.25, 0.3) is 0 Å². The number of rotatable bonds is 4. The average molecular weight is 360 g/mol. The summed E-state index contributed by atoms with van der Waals surface area (Å²) in [6.07, 6.45) is 5.39. The van der Waals surface area contributed by atoms with E-state index in [-0.39, 0.29) is 0 Å². The van der Waals surface area contributed by atoms with Crippen LogP contribution in [0.15, 0.2) is 29.8 Å². The van der Waals surface area contributed by atoms with E-state index in [1.165, 1.54) is 24.1 Å². The van der Waals surface area contributed by atoms with Crippen LogP contribution in [0.1, 0.15) is 24.1 Å². The zero-order chi connectivity index (χ0) is 16.4. The molecule has 1 aliphatic heterocycles. The molecular formula is C17H18ClN5S. The fraction of sp³-hybridized carbons (Fsp3) is 0.353. The molecule has 7 heteroatoms. The Labute approximate surface area is 149 Å². The van der Waals surface area contributed by atoms with Crippen LogP contribution in [0.3, 0.4) is 0 Å². The predicted octanol–water partition coefficient (Wildman–Crippen LogP) is 4.34. The summed E-state index contributed by atoms with van der Waals surface area (Å²) in [7, 11) is 0. The first-order valence-corrected chi connectivity index (χ1v) is 9.40. The molecule has 0 unspecified atom stereocenters. The molecule has 0 aliphatic carbocycles. The average Bonchev–Trinajstić information content (AvgIpc) is 3.14. The number of hydrogen-bond donors (Lipinski definition) is 1. The number of piperidine rings is 1. The van der Waals surface area contributed by atoms with E-state index in [0.717, 1.165) is 42.3 Å². The highest BCUT2D eigenvalue weighted by molar-refractivity contribution is 7.09. The van der Waals surface area contributed by atoms with Gasteiger partial charge >= 0.3 is 0 Å². The third-order valence-electron chi connectivity index (χ3n) is 4.19. The smallest absolute Gasteiger partial charge is 0.227 e. The van der Waals surface area contributed by atoms with Gasteiger partial charge in [-0.1, -0.05) is 17.7 Å². The topological polar surface area (TPSA) is 53.9 Å². The zero-order valence-electron chi connectivity index (χ0n) is 13.2. The number of aromatic nitrogens is 3. The number of nitrogens with zero attached hydrogens (tertiary/aromatic N) is 4. The van der Waals surface area contributed by atoms with E-state index in [4.69, 9.17) is 21.6 Å². The van der Waals surface area contributed by atoms with Gasteiger partial charge in [0.05, 0.1) is 18.3 Å². The van der Waals surface area contributed by atoms with E-state index in [0.29, 0.717) is 5.15 Å². The number of halogens is 1. The molecule has 0 atom stereocenters. The fourth-order valence-corrected chi connectivity index (χ4v) is 3.75. The maximum Gasteiger partial charge on any atom is 0.227 e. The van der Waals surface area contributed by atoms with E-state index >= 15 is 0 Å². The summed E-state index contributed by atoms with van der Waals surface area (Å²) in [5, 5.41) is 6.89. The van der Waals surface area contributed by atoms with Crippen molar-refractivity contribution in [3.05, 3.63) is 39.8 Å². The highest BCUT2D eigenvalue weighted by Gasteiger charge is 2.16. The normalized spacial score (nSPS) is 15.0. The van der Waals surface area contributed by atoms with Gasteiger partial charge < -0.3 is 10.2 Å². The molecule has 5 nitrogen and oxygen atoms in total. The minimum atomic E-state index is 0.455. The molecule has 4 rings (SSSR count). The Bertz CT molecular complexity index is 830. The molecule has 0 spiro atoms. The monoisotopic (exact) mass is 359 g/mol. The molecule has 1 N–H and O–H groups in total. The van der Waals surface area contributed by atoms with Gasteiger partial charge in [-0.3, -0.25) is 0 Å². The highest BCUT2D eigenvalue weighted by atomic mass is 35.5. The van der Waals surface area contributed by atoms with Crippen molar-refractivity contribution >= 4 is 45.6 Å². The van der Waals surface area contributed by atoms with Crippen molar-refractivity contribution in [2.24, 2.45) is 0 Å². The van der Waals surface area contributed by atoms with E-state index < -0.39 is 0 Å². The zero-order valence-corrected chi connectivity index (χ0v) is 14.8. The second-order valence-corrected chi connectivity index (χ2v) is 7.30. The fourth-order valence-electron chi connectivity index (χ4n) is 2.95. The van der Waals surface area contributed by atoms with Crippen molar-refractivity contribution in [3.8, 4) is 0 Å². The predicted molar refractivity (Wildman–Crippen MR) is 100 cm³/mol. The summed E-state index contributed by atoms with van der Waals surface area (Å²) in [6.45, 7) is 2.76. The van der Waals surface area contributed by atoms with Crippen molar-refractivity contribution < 1.29 is 0 Å². The van der Waals surface area contributed by atoms with E-state index in [2.05, 4.69) is 32.7 Å². The van der Waals surface area contributed by atoms with Gasteiger partial charge in [-0.25, -0.2) is 9.97 Å². The highest BCUT2D eigenvalue weighted by Crippen LogP contribution is 2.27. The van der Waals surface area contributed by atoms with Crippen molar-refractivity contribution in [3.63, 3.8) is 0 Å². The molecule has 1 saturated heterocycles. The lowest BCUT2D eigenvalue weighted by Gasteiger charge is -2.27. The van der Waals surface area contributed by atoms with Crippen molar-refractivity contribution in [1.82, 2.24) is 15.0 Å². The molecular weight excluding hydrogens is 342 g/mol. The number of anilines is 2. The summed E-state index contributed by atoms with van der Waals surface area (Å²) < 4.78 is 0. The third kappa shape index (κ3) is 3.30. The molecule has 0 bridgehead atoms. The van der Waals surface area contributed by atoms with Crippen molar-refractivity contribution in [2.75, 3.05) is 23.3 Å². The van der Waals surface area contributed by atoms with Crippen LogP contribution in [0.2, 0.25) is 5.15 Å². The lowest BCUT2D eigenvalue weighted by molar-refractivity contribution is 0.569. The first-order valence-electron chi connectivity index (χ1n) is 8.14. The van der Waals surface area contributed by atoms with Crippen LogP contribution in [0, 0.1) is 0 Å². The number of hydrogen-bond acceptors (Lipinski definition) is 6. The number of pyridine rings is 1. The summed E-state index contributed by atoms with van der Waals surface area (Å²) >= 11 is 7.80. The van der Waals surface area contributed by atoms with Crippen LogP contribution < -0.4 is 10.2 Å². The maximum absolute atomic E-state index is 6.08. The molecule has 3 aromatic heterocycles. The Morgan fingerprint density at radius 3 is 2.88 bits per heavy atom. The Kier molecular flexibility index (Phi) is 4.49. The first kappa shape index (κ1) is 15.6. The summed E-state index contributed by atoms with van der Waals surface area (Å²) in [5.41, 5.74) is 0.823. The molecule has 3 aromatic rings. The molecule has 0 amide bonds. The number of fused-ring (bicyclic) bond motifs is 1. The van der Waals surface area contributed by atoms with Gasteiger partial charge in [0.15, 0.2) is 0 Å². The van der Waals surface area contributed by atoms with E-state index in [1.807, 2.05) is 6.07 Å². The lowest BCUT2D eigenvalue weighted by atomic mass is 10.1. The standard InChI is InChI=1S/C17H18ClN5S/c18-15-9-13-14(11-19-15)21-17(23-6-2-1-3-7-23)22-16(13)20-10-12-5-4-8-24-12/h4-5,8-9,11H,1-3,6-7,10H2,(H,20,21,22). The second kappa shape index (κ2) is 6.91. The van der Waals surface area contributed by atoms with Crippen LogP contribution in [0.5, 0.6) is 0 Å². The van der Waals surface area contributed by atoms with Crippen LogP contribution in [0.4, 0.5) is 11.8 Å². The van der Waals surface area contributed by atoms with Crippen molar-refractivity contribution in [2.45, 2.75) is 25.8 Å². The molecule has 1 fully saturated rings. The van der Waals surface area contributed by atoms with E-state index in [9.17, 15) is 0 Å². The molecule has 1 aliphatic rings. The van der Waals surface area contributed by atoms with Crippen LogP contribution in [-0.4, -0.2) is 28.0 Å². The molecule has 4 heterocycles. The number of nitrogens with one attached hydrogen (secondary N) is 1. The third-order valence-corrected chi connectivity index (χ3v) is 5.27. The minimum absolute atomic E-state index is 0.455. The lowest BCUT2D eigenvalue weighted by Crippen LogP contribution is -2.31. The van der Waals surface area contributed by atoms with Crippen LogP contribution in [0.25, 0.3) is 10.9 Å². The molecule has 0 saturated carbocycles. The second-order valence-electron chi connectivity index (χ2n) is 5.88. The SMILES string of the molecule is Clc1cc2c(NCc3cccs3)nc(N3CCCCC3)nc2cn1. The Balaban J connectivity index is 1.71. The van der Waals surface area contributed by atoms with Gasteiger partial charge in [0.1, 0.15) is 11.0 Å². The largest absolute Gasteiger partial charge is 0.364 e. The molecule has 24 heavy (non-hydrogen) atoms. The van der Waals surface area contributed by atoms with Gasteiger partial charge in [0, 0.05) is 23.4 Å². The Morgan fingerprint density at radius 2 is 2.08 bits per heavy atom. The quantitative estimate of drug-likeness (QED) is 0.702. The first-order chi connectivity index (χ1) is 11.8. The van der Waals surface area contributed by atoms with Gasteiger partial charge in [-0.2, -0.15) is 4.98 Å². The Hall–Kier alpha value is -1.92. The van der Waals surface area contributed by atoms with Crippen LogP contribution >= 0.6 is 22.9 Å².